The molecule has 33 heavy (non-hydrogen) atoms. The van der Waals surface area contributed by atoms with Gasteiger partial charge in [0.1, 0.15) is 22.9 Å². The van der Waals surface area contributed by atoms with Crippen LogP contribution in [0.3, 0.4) is 0 Å². The van der Waals surface area contributed by atoms with Crippen LogP contribution in [0.5, 0.6) is 11.5 Å². The zero-order valence-electron chi connectivity index (χ0n) is 17.7. The molecule has 1 unspecified atom stereocenters. The number of hydrogen-bond acceptors (Lipinski definition) is 4. The van der Waals surface area contributed by atoms with Crippen LogP contribution >= 0.6 is 0 Å². The summed E-state index contributed by atoms with van der Waals surface area (Å²) in [6.45, 7) is 3.42. The van der Waals surface area contributed by atoms with E-state index in [1.807, 2.05) is 0 Å². The Morgan fingerprint density at radius 2 is 1.88 bits per heavy atom. The number of aromatic nitrogens is 2. The number of H-pyrrole nitrogens is 1. The molecule has 2 heterocycles. The molecule has 0 aliphatic rings. The van der Waals surface area contributed by atoms with E-state index >= 15 is 0 Å². The number of pyridine rings is 1. The number of alkyl halides is 3. The SMILES string of the molecule is CC[S+]([O-])Nc1ccc(Oc2cccc(C(F)(F)F)c2)c(-c2cc(C)[n+]([O-])c3[nH]ccc23)c1. The van der Waals surface area contributed by atoms with Gasteiger partial charge in [0.2, 0.25) is 0 Å². The maximum absolute atomic E-state index is 13.2. The Morgan fingerprint density at radius 3 is 2.61 bits per heavy atom. The van der Waals surface area contributed by atoms with Gasteiger partial charge in [-0.15, -0.1) is 0 Å². The van der Waals surface area contributed by atoms with Crippen LogP contribution in [-0.2, 0) is 17.5 Å². The summed E-state index contributed by atoms with van der Waals surface area (Å²) in [4.78, 5) is 2.91. The second kappa shape index (κ2) is 8.87. The number of aryl methyl sites for hydroxylation is 1. The quantitative estimate of drug-likeness (QED) is 0.213. The van der Waals surface area contributed by atoms with Crippen LogP contribution in [0, 0.1) is 12.1 Å². The molecular weight excluding hydrogens is 455 g/mol. The fraction of sp³-hybridized carbons (Fsp3) is 0.174. The summed E-state index contributed by atoms with van der Waals surface area (Å²) < 4.78 is 61.0. The number of fused-ring (bicyclic) bond motifs is 1. The highest BCUT2D eigenvalue weighted by Crippen LogP contribution is 2.40. The molecule has 0 aliphatic carbocycles. The lowest BCUT2D eigenvalue weighted by molar-refractivity contribution is -0.586. The van der Waals surface area contributed by atoms with Gasteiger partial charge in [-0.2, -0.15) is 13.2 Å². The lowest BCUT2D eigenvalue weighted by Gasteiger charge is -2.17. The van der Waals surface area contributed by atoms with Crippen molar-refractivity contribution in [1.29, 1.82) is 0 Å². The molecule has 2 aromatic carbocycles. The summed E-state index contributed by atoms with van der Waals surface area (Å²) in [6, 6.07) is 12.9. The van der Waals surface area contributed by atoms with Crippen LogP contribution < -0.4 is 14.2 Å². The number of nitrogens with one attached hydrogen (secondary N) is 2. The fourth-order valence-corrected chi connectivity index (χ4v) is 3.98. The van der Waals surface area contributed by atoms with Crippen molar-refractivity contribution in [2.45, 2.75) is 20.0 Å². The zero-order valence-corrected chi connectivity index (χ0v) is 18.5. The molecular formula is C23H20F3N3O3S. The molecule has 4 rings (SSSR count). The monoisotopic (exact) mass is 475 g/mol. The third-order valence-electron chi connectivity index (χ3n) is 5.04. The van der Waals surface area contributed by atoms with Gasteiger partial charge in [-0.1, -0.05) is 6.07 Å². The minimum Gasteiger partial charge on any atom is -0.710 e. The predicted molar refractivity (Wildman–Crippen MR) is 121 cm³/mol. The average molecular weight is 475 g/mol. The van der Waals surface area contributed by atoms with E-state index < -0.39 is 23.1 Å². The van der Waals surface area contributed by atoms with E-state index in [4.69, 9.17) is 4.74 Å². The minimum atomic E-state index is -4.50. The molecule has 0 saturated carbocycles. The number of aromatic amines is 1. The summed E-state index contributed by atoms with van der Waals surface area (Å²) in [7, 11) is 0. The fourth-order valence-electron chi connectivity index (χ4n) is 3.45. The first kappa shape index (κ1) is 22.8. The molecule has 10 heteroatoms. The van der Waals surface area contributed by atoms with E-state index in [2.05, 4.69) is 9.71 Å². The number of nitrogens with zero attached hydrogens (tertiary/aromatic N) is 1. The van der Waals surface area contributed by atoms with Gasteiger partial charge in [-0.3, -0.25) is 0 Å². The van der Waals surface area contributed by atoms with Crippen LogP contribution in [0.2, 0.25) is 0 Å². The first-order valence-electron chi connectivity index (χ1n) is 10.0. The Bertz CT molecular complexity index is 1310. The Balaban J connectivity index is 1.86. The standard InChI is InChI=1S/C23H20F3N3O3S/c1-3-33(31)28-16-7-8-21(32-17-6-4-5-15(12-17)23(24,25)26)20(13-16)19-11-14(2)29(30)22-18(19)9-10-27-22/h4-13,27-28H,3H2,1-2H3. The number of hydrogen-bond donors (Lipinski definition) is 2. The highest BCUT2D eigenvalue weighted by atomic mass is 32.2. The maximum Gasteiger partial charge on any atom is 0.416 e. The second-order valence-electron chi connectivity index (χ2n) is 7.31. The molecule has 2 aromatic heterocycles. The molecule has 0 aliphatic heterocycles. The third-order valence-corrected chi connectivity index (χ3v) is 6.03. The normalized spacial score (nSPS) is 12.7. The van der Waals surface area contributed by atoms with E-state index in [1.54, 1.807) is 50.4 Å². The molecule has 2 N–H and O–H groups in total. The second-order valence-corrected chi connectivity index (χ2v) is 8.78. The van der Waals surface area contributed by atoms with Gasteiger partial charge in [-0.25, -0.2) is 14.4 Å². The molecule has 0 fully saturated rings. The van der Waals surface area contributed by atoms with Crippen molar-refractivity contribution in [3.05, 3.63) is 77.3 Å². The van der Waals surface area contributed by atoms with Crippen molar-refractivity contribution in [2.24, 2.45) is 0 Å². The van der Waals surface area contributed by atoms with Gasteiger partial charge < -0.3 is 14.5 Å². The number of ether oxygens (including phenoxy) is 1. The Hall–Kier alpha value is -3.37. The summed E-state index contributed by atoms with van der Waals surface area (Å²) in [5.41, 5.74) is 1.64. The minimum absolute atomic E-state index is 0.0146. The van der Waals surface area contributed by atoms with Crippen molar-refractivity contribution in [3.8, 4) is 22.6 Å². The number of benzene rings is 2. The van der Waals surface area contributed by atoms with Crippen molar-refractivity contribution in [3.63, 3.8) is 0 Å². The van der Waals surface area contributed by atoms with Gasteiger partial charge in [0.25, 0.3) is 5.65 Å². The summed E-state index contributed by atoms with van der Waals surface area (Å²) in [5.74, 6) is 0.689. The van der Waals surface area contributed by atoms with Crippen molar-refractivity contribution < 1.29 is 27.2 Å². The molecule has 0 amide bonds. The Labute approximate surface area is 190 Å². The van der Waals surface area contributed by atoms with Crippen molar-refractivity contribution in [1.82, 2.24) is 4.98 Å². The van der Waals surface area contributed by atoms with Gasteiger partial charge in [0.05, 0.1) is 34.2 Å². The zero-order chi connectivity index (χ0) is 23.8. The first-order valence-corrected chi connectivity index (χ1v) is 11.3. The third kappa shape index (κ3) is 4.71. The molecule has 1 atom stereocenters. The van der Waals surface area contributed by atoms with Crippen molar-refractivity contribution >= 4 is 28.1 Å². The van der Waals surface area contributed by atoms with Crippen LogP contribution in [0.25, 0.3) is 22.2 Å². The predicted octanol–water partition coefficient (Wildman–Crippen LogP) is 5.68. The van der Waals surface area contributed by atoms with E-state index in [1.165, 1.54) is 12.1 Å². The topological polar surface area (TPSA) is 87.0 Å². The van der Waals surface area contributed by atoms with Crippen LogP contribution in [0.4, 0.5) is 18.9 Å². The van der Waals surface area contributed by atoms with Crippen LogP contribution in [-0.4, -0.2) is 15.3 Å². The first-order chi connectivity index (χ1) is 15.7. The van der Waals surface area contributed by atoms with Gasteiger partial charge in [-0.05, 0) is 62.4 Å². The molecule has 0 saturated heterocycles. The van der Waals surface area contributed by atoms with Crippen LogP contribution in [0.15, 0.2) is 60.8 Å². The maximum atomic E-state index is 13.2. The lowest BCUT2D eigenvalue weighted by atomic mass is 10.0. The summed E-state index contributed by atoms with van der Waals surface area (Å²) in [6.07, 6.45) is -2.88. The van der Waals surface area contributed by atoms with E-state index in [0.29, 0.717) is 39.3 Å². The molecule has 0 bridgehead atoms. The van der Waals surface area contributed by atoms with Gasteiger partial charge >= 0.3 is 6.18 Å². The highest BCUT2D eigenvalue weighted by Gasteiger charge is 2.30. The molecule has 4 aromatic rings. The average Bonchev–Trinajstić information content (AvgIpc) is 3.27. The largest absolute Gasteiger partial charge is 0.710 e. The van der Waals surface area contributed by atoms with E-state index in [9.17, 15) is 22.9 Å². The van der Waals surface area contributed by atoms with Gasteiger partial charge in [0, 0.05) is 11.1 Å². The summed E-state index contributed by atoms with van der Waals surface area (Å²) >= 11 is -1.30. The lowest BCUT2D eigenvalue weighted by Crippen LogP contribution is -2.31. The van der Waals surface area contributed by atoms with Gasteiger partial charge in [0.15, 0.2) is 0 Å². The van der Waals surface area contributed by atoms with E-state index in [-0.39, 0.29) is 11.5 Å². The van der Waals surface area contributed by atoms with Crippen LogP contribution in [0.1, 0.15) is 18.2 Å². The Morgan fingerprint density at radius 1 is 1.09 bits per heavy atom. The number of rotatable bonds is 6. The highest BCUT2D eigenvalue weighted by molar-refractivity contribution is 7.92. The summed E-state index contributed by atoms with van der Waals surface area (Å²) in [5, 5.41) is 13.0. The molecule has 6 nitrogen and oxygen atoms in total. The van der Waals surface area contributed by atoms with E-state index in [0.717, 1.165) is 16.9 Å². The Kier molecular flexibility index (Phi) is 6.13. The van der Waals surface area contributed by atoms with Crippen molar-refractivity contribution in [2.75, 3.05) is 10.5 Å². The number of halogens is 3. The molecule has 172 valence electrons. The number of anilines is 1. The molecule has 0 spiro atoms. The molecule has 0 radical (unpaired) electrons. The smallest absolute Gasteiger partial charge is 0.416 e.